The number of para-hydroxylation sites is 1. The Morgan fingerprint density at radius 1 is 1.16 bits per heavy atom. The standard InChI is InChI=1S/C18H18N4O2S/c1-13-16(14-7-9-19-10-8-14)25-18(21-13)22-17(23)20-11-12-24-15-5-3-2-4-6-15/h2-10H,11-12H2,1H3,(H2,20,21,22,23). The van der Waals surface area contributed by atoms with E-state index in [1.54, 1.807) is 12.4 Å². The van der Waals surface area contributed by atoms with Gasteiger partial charge in [-0.3, -0.25) is 10.3 Å². The Bertz CT molecular complexity index is 822. The quantitative estimate of drug-likeness (QED) is 0.662. The highest BCUT2D eigenvalue weighted by molar-refractivity contribution is 7.19. The van der Waals surface area contributed by atoms with Crippen molar-refractivity contribution in [1.29, 1.82) is 0 Å². The fourth-order valence-corrected chi connectivity index (χ4v) is 3.18. The van der Waals surface area contributed by atoms with Crippen LogP contribution >= 0.6 is 11.3 Å². The van der Waals surface area contributed by atoms with E-state index < -0.39 is 0 Å². The lowest BCUT2D eigenvalue weighted by molar-refractivity contribution is 0.247. The Balaban J connectivity index is 1.48. The summed E-state index contributed by atoms with van der Waals surface area (Å²) in [5.74, 6) is 0.780. The van der Waals surface area contributed by atoms with Crippen LogP contribution in [0.1, 0.15) is 5.69 Å². The van der Waals surface area contributed by atoms with Gasteiger partial charge in [-0.05, 0) is 36.8 Å². The number of urea groups is 1. The topological polar surface area (TPSA) is 76.1 Å². The Kier molecular flexibility index (Phi) is 5.58. The van der Waals surface area contributed by atoms with E-state index in [9.17, 15) is 4.79 Å². The molecule has 0 radical (unpaired) electrons. The van der Waals surface area contributed by atoms with Gasteiger partial charge in [0.05, 0.1) is 17.1 Å². The van der Waals surface area contributed by atoms with Gasteiger partial charge in [0.15, 0.2) is 5.13 Å². The van der Waals surface area contributed by atoms with Crippen molar-refractivity contribution in [2.45, 2.75) is 6.92 Å². The van der Waals surface area contributed by atoms with Crippen LogP contribution in [-0.2, 0) is 0 Å². The number of nitrogens with zero attached hydrogens (tertiary/aromatic N) is 2. The van der Waals surface area contributed by atoms with Crippen LogP contribution in [0.25, 0.3) is 10.4 Å². The van der Waals surface area contributed by atoms with Gasteiger partial charge in [0.25, 0.3) is 0 Å². The molecule has 7 heteroatoms. The number of pyridine rings is 1. The first-order valence-electron chi connectivity index (χ1n) is 7.83. The molecular formula is C18H18N4O2S. The molecule has 2 amide bonds. The molecule has 2 heterocycles. The number of anilines is 1. The number of thiazole rings is 1. The predicted molar refractivity (Wildman–Crippen MR) is 99.0 cm³/mol. The van der Waals surface area contributed by atoms with Crippen LogP contribution in [0.4, 0.5) is 9.93 Å². The van der Waals surface area contributed by atoms with Crippen molar-refractivity contribution in [2.24, 2.45) is 0 Å². The third-order valence-electron chi connectivity index (χ3n) is 3.36. The highest BCUT2D eigenvalue weighted by Gasteiger charge is 2.11. The molecule has 0 bridgehead atoms. The first-order chi connectivity index (χ1) is 12.2. The zero-order chi connectivity index (χ0) is 17.5. The number of carbonyl (C=O) groups is 1. The number of carbonyl (C=O) groups excluding carboxylic acids is 1. The van der Waals surface area contributed by atoms with E-state index in [1.807, 2.05) is 49.4 Å². The lowest BCUT2D eigenvalue weighted by Crippen LogP contribution is -2.32. The number of rotatable bonds is 6. The summed E-state index contributed by atoms with van der Waals surface area (Å²) in [6, 6.07) is 13.0. The maximum atomic E-state index is 12.0. The summed E-state index contributed by atoms with van der Waals surface area (Å²) < 4.78 is 5.53. The molecule has 6 nitrogen and oxygen atoms in total. The summed E-state index contributed by atoms with van der Waals surface area (Å²) in [4.78, 5) is 21.4. The van der Waals surface area contributed by atoms with E-state index in [2.05, 4.69) is 20.6 Å². The molecule has 1 aromatic carbocycles. The molecule has 2 N–H and O–H groups in total. The Morgan fingerprint density at radius 3 is 2.68 bits per heavy atom. The number of benzene rings is 1. The summed E-state index contributed by atoms with van der Waals surface area (Å²) in [7, 11) is 0. The second kappa shape index (κ2) is 8.25. The van der Waals surface area contributed by atoms with Crippen molar-refractivity contribution in [3.8, 4) is 16.2 Å². The van der Waals surface area contributed by atoms with Crippen LogP contribution in [0.3, 0.4) is 0 Å². The maximum Gasteiger partial charge on any atom is 0.321 e. The zero-order valence-corrected chi connectivity index (χ0v) is 14.5. The summed E-state index contributed by atoms with van der Waals surface area (Å²) in [5.41, 5.74) is 1.91. The fraction of sp³-hybridized carbons (Fsp3) is 0.167. The molecule has 128 valence electrons. The van der Waals surface area contributed by atoms with E-state index >= 15 is 0 Å². The minimum absolute atomic E-state index is 0.299. The van der Waals surface area contributed by atoms with Crippen molar-refractivity contribution >= 4 is 22.5 Å². The predicted octanol–water partition coefficient (Wildman–Crippen LogP) is 3.71. The van der Waals surface area contributed by atoms with Gasteiger partial charge in [0.1, 0.15) is 12.4 Å². The number of aromatic nitrogens is 2. The van der Waals surface area contributed by atoms with Gasteiger partial charge in [-0.2, -0.15) is 0 Å². The molecular weight excluding hydrogens is 336 g/mol. The van der Waals surface area contributed by atoms with Crippen LogP contribution in [0.15, 0.2) is 54.9 Å². The zero-order valence-electron chi connectivity index (χ0n) is 13.7. The van der Waals surface area contributed by atoms with Crippen LogP contribution in [0, 0.1) is 6.92 Å². The van der Waals surface area contributed by atoms with Crippen molar-refractivity contribution in [1.82, 2.24) is 15.3 Å². The van der Waals surface area contributed by atoms with Crippen LogP contribution in [-0.4, -0.2) is 29.2 Å². The molecule has 0 spiro atoms. The number of nitrogens with one attached hydrogen (secondary N) is 2. The average Bonchev–Trinajstić information content (AvgIpc) is 3.00. The minimum Gasteiger partial charge on any atom is -0.492 e. The number of amides is 2. The molecule has 3 rings (SSSR count). The third-order valence-corrected chi connectivity index (χ3v) is 4.48. The van der Waals surface area contributed by atoms with Crippen molar-refractivity contribution in [3.05, 3.63) is 60.6 Å². The second-order valence-corrected chi connectivity index (χ2v) is 6.21. The van der Waals surface area contributed by atoms with E-state index in [-0.39, 0.29) is 6.03 Å². The summed E-state index contributed by atoms with van der Waals surface area (Å²) in [6.45, 7) is 2.72. The molecule has 0 aliphatic heterocycles. The molecule has 2 aromatic heterocycles. The number of aryl methyl sites for hydroxylation is 1. The highest BCUT2D eigenvalue weighted by atomic mass is 32.1. The van der Waals surface area contributed by atoms with E-state index in [4.69, 9.17) is 4.74 Å². The second-order valence-electron chi connectivity index (χ2n) is 5.21. The molecule has 0 fully saturated rings. The maximum absolute atomic E-state index is 12.0. The molecule has 3 aromatic rings. The lowest BCUT2D eigenvalue weighted by atomic mass is 10.2. The Labute approximate surface area is 149 Å². The first kappa shape index (κ1) is 16.9. The van der Waals surface area contributed by atoms with E-state index in [1.165, 1.54) is 11.3 Å². The van der Waals surface area contributed by atoms with Crippen LogP contribution < -0.4 is 15.4 Å². The number of hydrogen-bond donors (Lipinski definition) is 2. The SMILES string of the molecule is Cc1nc(NC(=O)NCCOc2ccccc2)sc1-c1ccncc1. The molecule has 0 aliphatic rings. The minimum atomic E-state index is -0.299. The molecule has 0 unspecified atom stereocenters. The van der Waals surface area contributed by atoms with Gasteiger partial charge < -0.3 is 10.1 Å². The first-order valence-corrected chi connectivity index (χ1v) is 8.64. The van der Waals surface area contributed by atoms with Crippen molar-refractivity contribution < 1.29 is 9.53 Å². The van der Waals surface area contributed by atoms with Gasteiger partial charge in [-0.1, -0.05) is 29.5 Å². The van der Waals surface area contributed by atoms with Gasteiger partial charge in [-0.15, -0.1) is 0 Å². The third kappa shape index (κ3) is 4.77. The summed E-state index contributed by atoms with van der Waals surface area (Å²) in [5, 5.41) is 6.07. The van der Waals surface area contributed by atoms with Gasteiger partial charge >= 0.3 is 6.03 Å². The monoisotopic (exact) mass is 354 g/mol. The number of ether oxygens (including phenoxy) is 1. The van der Waals surface area contributed by atoms with Gasteiger partial charge in [0.2, 0.25) is 0 Å². The molecule has 0 aliphatic carbocycles. The summed E-state index contributed by atoms with van der Waals surface area (Å²) in [6.07, 6.45) is 3.47. The molecule has 25 heavy (non-hydrogen) atoms. The Morgan fingerprint density at radius 2 is 1.92 bits per heavy atom. The Hall–Kier alpha value is -2.93. The number of hydrogen-bond acceptors (Lipinski definition) is 5. The van der Waals surface area contributed by atoms with Crippen LogP contribution in [0.5, 0.6) is 5.75 Å². The summed E-state index contributed by atoms with van der Waals surface area (Å²) >= 11 is 1.43. The normalized spacial score (nSPS) is 10.3. The molecule has 0 saturated carbocycles. The van der Waals surface area contributed by atoms with Crippen LogP contribution in [0.2, 0.25) is 0 Å². The lowest BCUT2D eigenvalue weighted by Gasteiger charge is -2.07. The van der Waals surface area contributed by atoms with E-state index in [0.29, 0.717) is 18.3 Å². The smallest absolute Gasteiger partial charge is 0.321 e. The van der Waals surface area contributed by atoms with Crippen molar-refractivity contribution in [2.75, 3.05) is 18.5 Å². The van der Waals surface area contributed by atoms with E-state index in [0.717, 1.165) is 21.9 Å². The van der Waals surface area contributed by atoms with Crippen molar-refractivity contribution in [3.63, 3.8) is 0 Å². The highest BCUT2D eigenvalue weighted by Crippen LogP contribution is 2.32. The average molecular weight is 354 g/mol. The van der Waals surface area contributed by atoms with Gasteiger partial charge in [0, 0.05) is 12.4 Å². The fourth-order valence-electron chi connectivity index (χ4n) is 2.21. The van der Waals surface area contributed by atoms with Gasteiger partial charge in [-0.25, -0.2) is 9.78 Å². The molecule has 0 atom stereocenters. The largest absolute Gasteiger partial charge is 0.492 e. The molecule has 0 saturated heterocycles.